The van der Waals surface area contributed by atoms with Gasteiger partial charge in [-0.2, -0.15) is 0 Å². The molecule has 0 fully saturated rings. The van der Waals surface area contributed by atoms with Gasteiger partial charge in [-0.05, 0) is 48.9 Å². The van der Waals surface area contributed by atoms with Crippen molar-refractivity contribution in [1.82, 2.24) is 0 Å². The van der Waals surface area contributed by atoms with Crippen LogP contribution in [0, 0.1) is 47.9 Å². The molecule has 0 aliphatic carbocycles. The van der Waals surface area contributed by atoms with Crippen molar-refractivity contribution in [2.45, 2.75) is 6.92 Å². The van der Waals surface area contributed by atoms with E-state index in [-0.39, 0.29) is 16.8 Å². The molecule has 0 radical (unpaired) electrons. The van der Waals surface area contributed by atoms with Crippen LogP contribution in [0.5, 0.6) is 0 Å². The Balaban J connectivity index is 1.77. The van der Waals surface area contributed by atoms with Gasteiger partial charge in [0.1, 0.15) is 11.6 Å². The van der Waals surface area contributed by atoms with Gasteiger partial charge in [-0.25, -0.2) is 22.0 Å². The molecule has 0 atom stereocenters. The molecule has 0 aliphatic heterocycles. The number of amides is 1. The summed E-state index contributed by atoms with van der Waals surface area (Å²) in [6.07, 6.45) is 0. The smallest absolute Gasteiger partial charge is 0.255 e. The van der Waals surface area contributed by atoms with Crippen molar-refractivity contribution in [3.05, 3.63) is 99.9 Å². The van der Waals surface area contributed by atoms with Crippen molar-refractivity contribution in [3.8, 4) is 11.8 Å². The Morgan fingerprint density at radius 2 is 1.34 bits per heavy atom. The quantitative estimate of drug-likeness (QED) is 0.351. The van der Waals surface area contributed by atoms with Gasteiger partial charge in [0.2, 0.25) is 0 Å². The minimum atomic E-state index is -1.63. The van der Waals surface area contributed by atoms with E-state index >= 15 is 0 Å². The molecule has 1 N–H and O–H groups in total. The molecular formula is C22H12F5NO. The minimum Gasteiger partial charge on any atom is -0.322 e. The first kappa shape index (κ1) is 20.1. The van der Waals surface area contributed by atoms with Crippen LogP contribution < -0.4 is 5.32 Å². The highest BCUT2D eigenvalue weighted by molar-refractivity contribution is 6.04. The van der Waals surface area contributed by atoms with Gasteiger partial charge in [0, 0.05) is 28.9 Å². The van der Waals surface area contributed by atoms with Crippen molar-refractivity contribution >= 4 is 11.6 Å². The fourth-order valence-electron chi connectivity index (χ4n) is 2.49. The summed E-state index contributed by atoms with van der Waals surface area (Å²) in [7, 11) is 0. The number of anilines is 1. The molecule has 0 saturated heterocycles. The van der Waals surface area contributed by atoms with Crippen molar-refractivity contribution in [2.24, 2.45) is 0 Å². The number of rotatable bonds is 2. The maximum Gasteiger partial charge on any atom is 0.255 e. The highest BCUT2D eigenvalue weighted by Crippen LogP contribution is 2.18. The molecular weight excluding hydrogens is 389 g/mol. The Labute approximate surface area is 163 Å². The van der Waals surface area contributed by atoms with Crippen LogP contribution in [0.25, 0.3) is 0 Å². The van der Waals surface area contributed by atoms with Crippen LogP contribution >= 0.6 is 0 Å². The second kappa shape index (κ2) is 8.15. The zero-order valence-electron chi connectivity index (χ0n) is 14.9. The SMILES string of the molecule is Cc1cc(F)c(C#Cc2ccc(C(=O)Nc3cc(F)c(F)c(F)c3)cc2)c(F)c1. The number of aryl methyl sites for hydroxylation is 1. The van der Waals surface area contributed by atoms with Gasteiger partial charge in [-0.15, -0.1) is 0 Å². The molecule has 3 rings (SSSR count). The Morgan fingerprint density at radius 1 is 0.793 bits per heavy atom. The first-order valence-corrected chi connectivity index (χ1v) is 8.28. The Bertz CT molecular complexity index is 1110. The topological polar surface area (TPSA) is 29.1 Å². The third-order valence-electron chi connectivity index (χ3n) is 3.91. The minimum absolute atomic E-state index is 0.133. The molecule has 2 nitrogen and oxygen atoms in total. The van der Waals surface area contributed by atoms with Crippen LogP contribution in [0.15, 0.2) is 48.5 Å². The van der Waals surface area contributed by atoms with Gasteiger partial charge in [-0.3, -0.25) is 4.79 Å². The van der Waals surface area contributed by atoms with Crippen LogP contribution in [0.1, 0.15) is 27.0 Å². The molecule has 0 saturated carbocycles. The van der Waals surface area contributed by atoms with Crippen LogP contribution in [0.3, 0.4) is 0 Å². The lowest BCUT2D eigenvalue weighted by Gasteiger charge is -2.06. The molecule has 0 bridgehead atoms. The van der Waals surface area contributed by atoms with Crippen molar-refractivity contribution in [3.63, 3.8) is 0 Å². The lowest BCUT2D eigenvalue weighted by atomic mass is 10.1. The van der Waals surface area contributed by atoms with Gasteiger partial charge in [0.05, 0.1) is 5.56 Å². The molecule has 0 unspecified atom stereocenters. The summed E-state index contributed by atoms with van der Waals surface area (Å²) < 4.78 is 67.0. The van der Waals surface area contributed by atoms with E-state index in [1.165, 1.54) is 36.4 Å². The number of nitrogens with one attached hydrogen (secondary N) is 1. The van der Waals surface area contributed by atoms with E-state index in [1.807, 2.05) is 0 Å². The van der Waals surface area contributed by atoms with Crippen LogP contribution in [0.4, 0.5) is 27.6 Å². The van der Waals surface area contributed by atoms with E-state index < -0.39 is 35.0 Å². The molecule has 7 heteroatoms. The maximum atomic E-state index is 13.8. The highest BCUT2D eigenvalue weighted by Gasteiger charge is 2.13. The number of halogens is 5. The molecule has 29 heavy (non-hydrogen) atoms. The van der Waals surface area contributed by atoms with E-state index in [1.54, 1.807) is 6.92 Å². The van der Waals surface area contributed by atoms with E-state index in [4.69, 9.17) is 0 Å². The first-order valence-electron chi connectivity index (χ1n) is 8.28. The normalized spacial score (nSPS) is 10.3. The van der Waals surface area contributed by atoms with Crippen molar-refractivity contribution in [1.29, 1.82) is 0 Å². The molecule has 0 aliphatic rings. The van der Waals surface area contributed by atoms with Gasteiger partial charge in [0.15, 0.2) is 17.5 Å². The zero-order valence-corrected chi connectivity index (χ0v) is 14.9. The molecule has 0 aromatic heterocycles. The first-order chi connectivity index (χ1) is 13.7. The predicted octanol–water partition coefficient (Wildman–Crippen LogP) is 5.34. The lowest BCUT2D eigenvalue weighted by Crippen LogP contribution is -2.12. The number of carbonyl (C=O) groups excluding carboxylic acids is 1. The van der Waals surface area contributed by atoms with Crippen LogP contribution in [0.2, 0.25) is 0 Å². The molecule has 0 heterocycles. The summed E-state index contributed by atoms with van der Waals surface area (Å²) in [6, 6.07) is 9.27. The standard InChI is InChI=1S/C22H12F5NO/c1-12-8-17(23)16(18(24)9-12)7-4-13-2-5-14(6-3-13)22(29)28-15-10-19(25)21(27)20(26)11-15/h2-3,5-6,8-11H,1H3,(H,28,29). The molecule has 0 spiro atoms. The number of carbonyl (C=O) groups is 1. The third kappa shape index (κ3) is 4.61. The van der Waals surface area contributed by atoms with Crippen LogP contribution in [-0.4, -0.2) is 5.91 Å². The summed E-state index contributed by atoms with van der Waals surface area (Å²) in [5.41, 5.74) is 0.341. The highest BCUT2D eigenvalue weighted by atomic mass is 19.2. The largest absolute Gasteiger partial charge is 0.322 e. The van der Waals surface area contributed by atoms with E-state index in [9.17, 15) is 26.7 Å². The Hall–Kier alpha value is -3.66. The van der Waals surface area contributed by atoms with Gasteiger partial charge in [0.25, 0.3) is 5.91 Å². The van der Waals surface area contributed by atoms with Crippen molar-refractivity contribution in [2.75, 3.05) is 5.32 Å². The second-order valence-corrected chi connectivity index (χ2v) is 6.14. The van der Waals surface area contributed by atoms with E-state index in [2.05, 4.69) is 17.2 Å². The summed E-state index contributed by atoms with van der Waals surface area (Å²) in [6.45, 7) is 1.56. The third-order valence-corrected chi connectivity index (χ3v) is 3.91. The van der Waals surface area contributed by atoms with E-state index in [0.717, 1.165) is 0 Å². The zero-order chi connectivity index (χ0) is 21.1. The summed E-state index contributed by atoms with van der Waals surface area (Å²) >= 11 is 0. The number of benzene rings is 3. The predicted molar refractivity (Wildman–Crippen MR) is 97.8 cm³/mol. The fourth-order valence-corrected chi connectivity index (χ4v) is 2.49. The van der Waals surface area contributed by atoms with Crippen LogP contribution in [-0.2, 0) is 0 Å². The summed E-state index contributed by atoms with van der Waals surface area (Å²) in [5.74, 6) is -1.72. The average Bonchev–Trinajstić information content (AvgIpc) is 2.65. The second-order valence-electron chi connectivity index (χ2n) is 6.14. The van der Waals surface area contributed by atoms with Gasteiger partial charge < -0.3 is 5.32 Å². The number of hydrogen-bond donors (Lipinski definition) is 1. The Kier molecular flexibility index (Phi) is 5.64. The number of hydrogen-bond acceptors (Lipinski definition) is 1. The molecule has 1 amide bonds. The van der Waals surface area contributed by atoms with Crippen molar-refractivity contribution < 1.29 is 26.7 Å². The summed E-state index contributed by atoms with van der Waals surface area (Å²) in [5, 5.41) is 2.24. The maximum absolute atomic E-state index is 13.8. The fraction of sp³-hybridized carbons (Fsp3) is 0.0455. The molecule has 3 aromatic carbocycles. The molecule has 146 valence electrons. The van der Waals surface area contributed by atoms with Gasteiger partial charge >= 0.3 is 0 Å². The van der Waals surface area contributed by atoms with E-state index in [0.29, 0.717) is 23.3 Å². The molecule has 3 aromatic rings. The Morgan fingerprint density at radius 3 is 1.90 bits per heavy atom. The summed E-state index contributed by atoms with van der Waals surface area (Å²) in [4.78, 5) is 12.1. The average molecular weight is 401 g/mol. The lowest BCUT2D eigenvalue weighted by molar-refractivity contribution is 0.102. The monoisotopic (exact) mass is 401 g/mol. The van der Waals surface area contributed by atoms with Gasteiger partial charge in [-0.1, -0.05) is 11.8 Å².